The molecule has 4 amide bonds. The summed E-state index contributed by atoms with van der Waals surface area (Å²) in [5, 5.41) is 10.7. The topological polar surface area (TPSA) is 142 Å². The number of rotatable bonds is 8. The molecule has 0 unspecified atom stereocenters. The number of urea groups is 1. The van der Waals surface area contributed by atoms with Crippen molar-refractivity contribution in [2.24, 2.45) is 5.92 Å². The van der Waals surface area contributed by atoms with E-state index >= 15 is 0 Å². The summed E-state index contributed by atoms with van der Waals surface area (Å²) in [6.07, 6.45) is 6.50. The molecule has 7 heterocycles. The number of fused-ring (bicyclic) bond motifs is 4. The van der Waals surface area contributed by atoms with Crippen molar-refractivity contribution in [1.82, 2.24) is 34.4 Å². The summed E-state index contributed by atoms with van der Waals surface area (Å²) in [7, 11) is 1.46. The number of carbonyl (C=O) groups excluding carboxylic acids is 3. The lowest BCUT2D eigenvalue weighted by Gasteiger charge is -2.38. The summed E-state index contributed by atoms with van der Waals surface area (Å²) in [6.45, 7) is 3.38. The number of nitrogens with zero attached hydrogens (tertiary/aromatic N) is 8. The minimum absolute atomic E-state index is 0.234. The smallest absolute Gasteiger partial charge is 0.433 e. The number of methoxy groups -OCH3 is 1. The molecule has 5 aromatic rings. The Morgan fingerprint density at radius 1 is 1.04 bits per heavy atom. The molecule has 55 heavy (non-hydrogen) atoms. The summed E-state index contributed by atoms with van der Waals surface area (Å²) in [6, 6.07) is 11.6. The Labute approximate surface area is 313 Å². The van der Waals surface area contributed by atoms with Gasteiger partial charge in [0.1, 0.15) is 28.6 Å². The van der Waals surface area contributed by atoms with E-state index < -0.39 is 23.8 Å². The molecule has 3 saturated heterocycles. The lowest BCUT2D eigenvalue weighted by molar-refractivity contribution is -0.141. The number of carbonyl (C=O) groups is 3. The molecular formula is C38H39F3N10O4. The van der Waals surface area contributed by atoms with E-state index in [0.29, 0.717) is 47.3 Å². The Bertz CT molecular complexity index is 2320. The second kappa shape index (κ2) is 13.5. The average Bonchev–Trinajstić information content (AvgIpc) is 3.98. The SMILES string of the molecule is COc1cc2nn(C3CCC(CN4C[C@@H]5C[C@H]4CN5c4ccn5c(N6CCC(=O)NC6=O)cnc5c4)CC3)cc2cc1NC(=O)c1cccc(C(F)(F)F)n1. The van der Waals surface area contributed by atoms with Gasteiger partial charge in [-0.3, -0.25) is 33.8 Å². The third-order valence-corrected chi connectivity index (χ3v) is 11.5. The number of benzene rings is 1. The molecule has 4 aromatic heterocycles. The highest BCUT2D eigenvalue weighted by Crippen LogP contribution is 2.39. The zero-order chi connectivity index (χ0) is 38.0. The molecule has 0 radical (unpaired) electrons. The predicted octanol–water partition coefficient (Wildman–Crippen LogP) is 5.50. The van der Waals surface area contributed by atoms with Gasteiger partial charge in [0, 0.05) is 80.3 Å². The van der Waals surface area contributed by atoms with Crippen molar-refractivity contribution in [3.05, 3.63) is 72.4 Å². The lowest BCUT2D eigenvalue weighted by atomic mass is 9.85. The molecule has 2 N–H and O–H groups in total. The standard InChI is InChI=1S/C38H39F3N10O4/c1-55-31-16-29-23(13-30(31)44-36(53)28-3-2-4-32(43-28)38(39,40)41)19-51(46-29)24-7-5-22(6-8-24)18-47-20-27-14-26(47)21-50(27)25-9-11-48-33(15-25)42-17-35(48)49-12-10-34(52)45-37(49)54/h2-4,9,11,13,15-17,19,22,24,26-27H,5-8,10,12,14,18,20-21H2,1H3,(H,44,53)(H,45,52,54)/t22?,24?,26-,27-/m0/s1. The van der Waals surface area contributed by atoms with Gasteiger partial charge in [-0.15, -0.1) is 0 Å². The maximum absolute atomic E-state index is 13.2. The fourth-order valence-corrected chi connectivity index (χ4v) is 8.76. The van der Waals surface area contributed by atoms with E-state index in [4.69, 9.17) is 9.84 Å². The van der Waals surface area contributed by atoms with Gasteiger partial charge in [0.05, 0.1) is 30.6 Å². The number of pyridine rings is 2. The van der Waals surface area contributed by atoms with Gasteiger partial charge in [-0.2, -0.15) is 18.3 Å². The first-order valence-electron chi connectivity index (χ1n) is 18.5. The number of piperazine rings is 1. The van der Waals surface area contributed by atoms with Crippen LogP contribution in [0.25, 0.3) is 16.6 Å². The molecule has 14 nitrogen and oxygen atoms in total. The summed E-state index contributed by atoms with van der Waals surface area (Å²) in [5.74, 6) is 0.550. The highest BCUT2D eigenvalue weighted by Gasteiger charge is 2.44. The van der Waals surface area contributed by atoms with Crippen LogP contribution >= 0.6 is 0 Å². The monoisotopic (exact) mass is 756 g/mol. The highest BCUT2D eigenvalue weighted by molar-refractivity contribution is 6.06. The Morgan fingerprint density at radius 3 is 2.62 bits per heavy atom. The zero-order valence-corrected chi connectivity index (χ0v) is 30.0. The maximum Gasteiger partial charge on any atom is 0.433 e. The number of imidazole rings is 1. The molecule has 3 aliphatic heterocycles. The number of ether oxygens (including phenoxy) is 1. The molecule has 4 aliphatic rings. The van der Waals surface area contributed by atoms with Gasteiger partial charge in [0.2, 0.25) is 5.91 Å². The van der Waals surface area contributed by atoms with Crippen molar-refractivity contribution in [3.63, 3.8) is 0 Å². The Hall–Kier alpha value is -5.71. The van der Waals surface area contributed by atoms with Gasteiger partial charge in [0.25, 0.3) is 5.91 Å². The number of hydrogen-bond acceptors (Lipinski definition) is 9. The number of likely N-dealkylation sites (tertiary alicyclic amines) is 1. The van der Waals surface area contributed by atoms with Gasteiger partial charge in [-0.25, -0.2) is 14.8 Å². The van der Waals surface area contributed by atoms with Crippen LogP contribution in [0, 0.1) is 5.92 Å². The lowest BCUT2D eigenvalue weighted by Crippen LogP contribution is -2.50. The van der Waals surface area contributed by atoms with E-state index in [9.17, 15) is 27.6 Å². The van der Waals surface area contributed by atoms with Gasteiger partial charge in [-0.1, -0.05) is 6.07 Å². The number of imide groups is 1. The molecule has 2 bridgehead atoms. The Balaban J connectivity index is 0.800. The Kier molecular flexibility index (Phi) is 8.62. The van der Waals surface area contributed by atoms with Crippen LogP contribution in [0.2, 0.25) is 0 Å². The number of hydrogen-bond donors (Lipinski definition) is 2. The average molecular weight is 757 g/mol. The van der Waals surface area contributed by atoms with Crippen LogP contribution in [0.5, 0.6) is 5.75 Å². The number of aromatic nitrogens is 5. The Morgan fingerprint density at radius 2 is 1.87 bits per heavy atom. The molecule has 0 spiro atoms. The maximum atomic E-state index is 13.2. The van der Waals surface area contributed by atoms with E-state index in [1.807, 2.05) is 21.5 Å². The summed E-state index contributed by atoms with van der Waals surface area (Å²) in [5.41, 5.74) is 1.42. The molecule has 17 heteroatoms. The molecule has 1 saturated carbocycles. The molecule has 1 aromatic carbocycles. The highest BCUT2D eigenvalue weighted by atomic mass is 19.4. The van der Waals surface area contributed by atoms with Crippen molar-refractivity contribution in [3.8, 4) is 5.75 Å². The number of halogens is 3. The van der Waals surface area contributed by atoms with Crippen LogP contribution in [0.1, 0.15) is 60.7 Å². The molecule has 1 aliphatic carbocycles. The molecular weight excluding hydrogens is 717 g/mol. The van der Waals surface area contributed by atoms with Crippen LogP contribution in [0.4, 0.5) is 35.2 Å². The minimum Gasteiger partial charge on any atom is -0.494 e. The normalized spacial score (nSPS) is 23.2. The molecule has 286 valence electrons. The fraction of sp³-hybridized carbons (Fsp3) is 0.421. The predicted molar refractivity (Wildman–Crippen MR) is 196 cm³/mol. The number of alkyl halides is 3. The van der Waals surface area contributed by atoms with Crippen LogP contribution in [0.15, 0.2) is 61.1 Å². The van der Waals surface area contributed by atoms with E-state index in [0.717, 1.165) is 80.6 Å². The van der Waals surface area contributed by atoms with Crippen molar-refractivity contribution >= 4 is 51.6 Å². The summed E-state index contributed by atoms with van der Waals surface area (Å²) < 4.78 is 48.9. The quantitative estimate of drug-likeness (QED) is 0.210. The summed E-state index contributed by atoms with van der Waals surface area (Å²) in [4.78, 5) is 51.7. The first kappa shape index (κ1) is 35.0. The number of anilines is 3. The van der Waals surface area contributed by atoms with Crippen LogP contribution < -0.4 is 25.2 Å². The third kappa shape index (κ3) is 6.59. The molecule has 4 fully saturated rings. The fourth-order valence-electron chi connectivity index (χ4n) is 8.76. The first-order chi connectivity index (χ1) is 26.5. The zero-order valence-electron chi connectivity index (χ0n) is 30.0. The van der Waals surface area contributed by atoms with Gasteiger partial charge in [-0.05, 0) is 62.3 Å². The summed E-state index contributed by atoms with van der Waals surface area (Å²) >= 11 is 0. The van der Waals surface area contributed by atoms with E-state index in [2.05, 4.69) is 42.5 Å². The third-order valence-electron chi connectivity index (χ3n) is 11.5. The van der Waals surface area contributed by atoms with E-state index in [-0.39, 0.29) is 24.1 Å². The van der Waals surface area contributed by atoms with Crippen molar-refractivity contribution in [1.29, 1.82) is 0 Å². The van der Waals surface area contributed by atoms with Crippen molar-refractivity contribution in [2.75, 3.05) is 48.4 Å². The minimum atomic E-state index is -4.66. The molecule has 9 rings (SSSR count). The number of amides is 4. The second-order valence-electron chi connectivity index (χ2n) is 14.9. The number of nitrogens with one attached hydrogen (secondary N) is 2. The van der Waals surface area contributed by atoms with Gasteiger partial charge in [0.15, 0.2) is 0 Å². The van der Waals surface area contributed by atoms with Gasteiger partial charge < -0.3 is 15.0 Å². The second-order valence-corrected chi connectivity index (χ2v) is 14.9. The van der Waals surface area contributed by atoms with E-state index in [1.54, 1.807) is 23.2 Å². The van der Waals surface area contributed by atoms with Crippen molar-refractivity contribution in [2.45, 2.75) is 62.8 Å². The van der Waals surface area contributed by atoms with E-state index in [1.165, 1.54) is 13.2 Å². The van der Waals surface area contributed by atoms with Crippen molar-refractivity contribution < 1.29 is 32.3 Å². The van der Waals surface area contributed by atoms with Gasteiger partial charge >= 0.3 is 12.2 Å². The largest absolute Gasteiger partial charge is 0.494 e. The van der Waals surface area contributed by atoms with Crippen LogP contribution in [-0.2, 0) is 11.0 Å². The first-order valence-corrected chi connectivity index (χ1v) is 18.5. The van der Waals surface area contributed by atoms with Crippen LogP contribution in [-0.4, -0.2) is 92.3 Å². The molecule has 2 atom stereocenters. The van der Waals surface area contributed by atoms with Crippen LogP contribution in [0.3, 0.4) is 0 Å².